The number of hydrogen-bond acceptors (Lipinski definition) is 6. The van der Waals surface area contributed by atoms with Gasteiger partial charge in [-0.05, 0) is 49.4 Å². The maximum absolute atomic E-state index is 11.7. The lowest BCUT2D eigenvalue weighted by molar-refractivity contribution is 0.1000. The van der Waals surface area contributed by atoms with Crippen molar-refractivity contribution in [1.29, 1.82) is 0 Å². The van der Waals surface area contributed by atoms with E-state index in [1.54, 1.807) is 29.2 Å². The van der Waals surface area contributed by atoms with E-state index in [0.717, 1.165) is 22.4 Å². The van der Waals surface area contributed by atoms with Crippen LogP contribution in [0.2, 0.25) is 0 Å². The van der Waals surface area contributed by atoms with Gasteiger partial charge in [0.2, 0.25) is 0 Å². The smallest absolute Gasteiger partial charge is 0.252 e. The highest BCUT2D eigenvalue weighted by Gasteiger charge is 2.13. The van der Waals surface area contributed by atoms with E-state index in [-0.39, 0.29) is 0 Å². The second kappa shape index (κ2) is 6.25. The normalized spacial score (nSPS) is 10.8. The molecule has 0 saturated heterocycles. The van der Waals surface area contributed by atoms with Crippen molar-refractivity contribution < 1.29 is 4.79 Å². The monoisotopic (exact) mass is 345 g/mol. The zero-order chi connectivity index (χ0) is 18.1. The third kappa shape index (κ3) is 2.84. The van der Waals surface area contributed by atoms with Crippen LogP contribution < -0.4 is 11.1 Å². The Bertz CT molecular complexity index is 1100. The Balaban J connectivity index is 1.72. The number of amides is 1. The van der Waals surface area contributed by atoms with Crippen molar-refractivity contribution in [1.82, 2.24) is 24.7 Å². The summed E-state index contributed by atoms with van der Waals surface area (Å²) in [6.45, 7) is 1.88. The second-order valence-corrected chi connectivity index (χ2v) is 5.74. The van der Waals surface area contributed by atoms with Gasteiger partial charge in [-0.1, -0.05) is 0 Å². The summed E-state index contributed by atoms with van der Waals surface area (Å²) in [6.07, 6.45) is 3.23. The molecule has 0 atom stereocenters. The van der Waals surface area contributed by atoms with Crippen molar-refractivity contribution in [2.45, 2.75) is 6.92 Å². The minimum atomic E-state index is -0.536. The average molecular weight is 345 g/mol. The summed E-state index contributed by atoms with van der Waals surface area (Å²) in [5.41, 5.74) is 9.03. The van der Waals surface area contributed by atoms with E-state index in [4.69, 9.17) is 5.73 Å². The summed E-state index contributed by atoms with van der Waals surface area (Å²) in [5.74, 6) is 0.564. The van der Waals surface area contributed by atoms with E-state index < -0.39 is 5.91 Å². The van der Waals surface area contributed by atoms with Gasteiger partial charge in [-0.3, -0.25) is 9.36 Å². The third-order valence-corrected chi connectivity index (χ3v) is 3.90. The zero-order valence-corrected chi connectivity index (χ0v) is 13.9. The van der Waals surface area contributed by atoms with Gasteiger partial charge < -0.3 is 11.1 Å². The molecule has 1 aromatic carbocycles. The first-order valence-corrected chi connectivity index (χ1v) is 7.91. The quantitative estimate of drug-likeness (QED) is 0.587. The van der Waals surface area contributed by atoms with Crippen molar-refractivity contribution >= 4 is 28.4 Å². The first-order chi connectivity index (χ1) is 12.6. The molecule has 3 aromatic heterocycles. The number of rotatable bonds is 4. The SMILES string of the molecule is Cc1ccc(Nc2ccc3c(c2)ncn3-c2ncccc2C(N)=O)nn1. The Hall–Kier alpha value is -3.81. The largest absolute Gasteiger partial charge is 0.365 e. The van der Waals surface area contributed by atoms with Crippen molar-refractivity contribution in [3.63, 3.8) is 0 Å². The standard InChI is InChI=1S/C18H15N7O/c1-11-4-7-16(24-23-11)22-12-5-6-15-14(9-12)21-10-25(15)18-13(17(19)26)3-2-8-20-18/h2-10H,1H3,(H2,19,26)(H,22,24). The van der Waals surface area contributed by atoms with E-state index in [0.29, 0.717) is 17.2 Å². The number of anilines is 2. The number of carbonyl (C=O) groups is 1. The summed E-state index contributed by atoms with van der Waals surface area (Å²) < 4.78 is 1.74. The van der Waals surface area contributed by atoms with Crippen LogP contribution in [-0.4, -0.2) is 30.6 Å². The van der Waals surface area contributed by atoms with E-state index in [9.17, 15) is 4.79 Å². The van der Waals surface area contributed by atoms with Crippen molar-refractivity contribution in [2.24, 2.45) is 5.73 Å². The van der Waals surface area contributed by atoms with Gasteiger partial charge >= 0.3 is 0 Å². The highest BCUT2D eigenvalue weighted by molar-refractivity contribution is 5.96. The predicted molar refractivity (Wildman–Crippen MR) is 97.4 cm³/mol. The molecular formula is C18H15N7O. The Morgan fingerprint density at radius 3 is 2.77 bits per heavy atom. The number of fused-ring (bicyclic) bond motifs is 1. The highest BCUT2D eigenvalue weighted by Crippen LogP contribution is 2.23. The average Bonchev–Trinajstić information content (AvgIpc) is 3.06. The molecule has 8 heteroatoms. The molecule has 3 heterocycles. The maximum atomic E-state index is 11.7. The number of nitrogens with one attached hydrogen (secondary N) is 1. The molecule has 0 aliphatic heterocycles. The van der Waals surface area contributed by atoms with Crippen LogP contribution in [0.5, 0.6) is 0 Å². The number of aromatic nitrogens is 5. The number of benzene rings is 1. The second-order valence-electron chi connectivity index (χ2n) is 5.74. The number of nitrogens with two attached hydrogens (primary N) is 1. The molecular weight excluding hydrogens is 330 g/mol. The summed E-state index contributed by atoms with van der Waals surface area (Å²) in [6, 6.07) is 12.7. The van der Waals surface area contributed by atoms with Crippen LogP contribution in [0.1, 0.15) is 16.1 Å². The molecule has 0 unspecified atom stereocenters. The van der Waals surface area contributed by atoms with Crippen LogP contribution in [0.15, 0.2) is 55.0 Å². The van der Waals surface area contributed by atoms with Crippen LogP contribution in [0, 0.1) is 6.92 Å². The summed E-state index contributed by atoms with van der Waals surface area (Å²) in [4.78, 5) is 20.3. The van der Waals surface area contributed by atoms with E-state index in [1.165, 1.54) is 0 Å². The molecule has 4 aromatic rings. The van der Waals surface area contributed by atoms with Crippen LogP contribution in [0.25, 0.3) is 16.9 Å². The Kier molecular flexibility index (Phi) is 3.77. The van der Waals surface area contributed by atoms with Gasteiger partial charge in [-0.15, -0.1) is 5.10 Å². The number of primary amides is 1. The first kappa shape index (κ1) is 15.7. The molecule has 0 aliphatic rings. The van der Waals surface area contributed by atoms with Crippen LogP contribution in [0.4, 0.5) is 11.5 Å². The lowest BCUT2D eigenvalue weighted by Gasteiger charge is -2.08. The van der Waals surface area contributed by atoms with Gasteiger partial charge in [0.1, 0.15) is 6.33 Å². The molecule has 4 rings (SSSR count). The van der Waals surface area contributed by atoms with Crippen molar-refractivity contribution in [2.75, 3.05) is 5.32 Å². The molecule has 128 valence electrons. The molecule has 3 N–H and O–H groups in total. The zero-order valence-electron chi connectivity index (χ0n) is 13.9. The van der Waals surface area contributed by atoms with Gasteiger partial charge in [-0.25, -0.2) is 9.97 Å². The molecule has 8 nitrogen and oxygen atoms in total. The lowest BCUT2D eigenvalue weighted by atomic mass is 10.2. The number of hydrogen-bond donors (Lipinski definition) is 2. The van der Waals surface area contributed by atoms with Gasteiger partial charge in [0.05, 0.1) is 22.3 Å². The number of carbonyl (C=O) groups excluding carboxylic acids is 1. The first-order valence-electron chi connectivity index (χ1n) is 7.91. The number of nitrogens with zero attached hydrogens (tertiary/aromatic N) is 5. The van der Waals surface area contributed by atoms with Gasteiger partial charge in [-0.2, -0.15) is 5.10 Å². The molecule has 0 saturated carbocycles. The molecule has 0 spiro atoms. The van der Waals surface area contributed by atoms with E-state index >= 15 is 0 Å². The maximum Gasteiger partial charge on any atom is 0.252 e. The predicted octanol–water partition coefficient (Wildman–Crippen LogP) is 2.36. The fourth-order valence-corrected chi connectivity index (χ4v) is 2.65. The number of aryl methyl sites for hydroxylation is 1. The Morgan fingerprint density at radius 2 is 2.00 bits per heavy atom. The highest BCUT2D eigenvalue weighted by atomic mass is 16.1. The molecule has 1 amide bonds. The summed E-state index contributed by atoms with van der Waals surface area (Å²) in [5, 5.41) is 11.3. The molecule has 0 aliphatic carbocycles. The topological polar surface area (TPSA) is 112 Å². The number of imidazole rings is 1. The van der Waals surface area contributed by atoms with Gasteiger partial charge in [0.15, 0.2) is 11.6 Å². The van der Waals surface area contributed by atoms with Crippen molar-refractivity contribution in [3.05, 3.63) is 66.2 Å². The van der Waals surface area contributed by atoms with E-state index in [1.807, 2.05) is 37.3 Å². The van der Waals surface area contributed by atoms with Crippen LogP contribution in [0.3, 0.4) is 0 Å². The minimum absolute atomic E-state index is 0.337. The minimum Gasteiger partial charge on any atom is -0.365 e. The summed E-state index contributed by atoms with van der Waals surface area (Å²) >= 11 is 0. The lowest BCUT2D eigenvalue weighted by Crippen LogP contribution is -2.15. The third-order valence-electron chi connectivity index (χ3n) is 3.90. The molecule has 26 heavy (non-hydrogen) atoms. The van der Waals surface area contributed by atoms with Crippen molar-refractivity contribution in [3.8, 4) is 5.82 Å². The molecule has 0 radical (unpaired) electrons. The van der Waals surface area contributed by atoms with Crippen LogP contribution >= 0.6 is 0 Å². The fraction of sp³-hybridized carbons (Fsp3) is 0.0556. The van der Waals surface area contributed by atoms with Gasteiger partial charge in [0.25, 0.3) is 5.91 Å². The molecule has 0 bridgehead atoms. The number of pyridine rings is 1. The summed E-state index contributed by atoms with van der Waals surface area (Å²) in [7, 11) is 0. The Labute approximate surface area is 148 Å². The fourth-order valence-electron chi connectivity index (χ4n) is 2.65. The van der Waals surface area contributed by atoms with Gasteiger partial charge in [0, 0.05) is 11.9 Å². The molecule has 0 fully saturated rings. The Morgan fingerprint density at radius 1 is 1.12 bits per heavy atom. The van der Waals surface area contributed by atoms with Crippen LogP contribution in [-0.2, 0) is 0 Å². The van der Waals surface area contributed by atoms with E-state index in [2.05, 4.69) is 25.5 Å².